The second-order valence-corrected chi connectivity index (χ2v) is 11.0. The van der Waals surface area contributed by atoms with Crippen LogP contribution in [0.2, 0.25) is 0 Å². The van der Waals surface area contributed by atoms with Gasteiger partial charge in [-0.3, -0.25) is 9.59 Å². The van der Waals surface area contributed by atoms with Gasteiger partial charge in [0.1, 0.15) is 17.7 Å². The summed E-state index contributed by atoms with van der Waals surface area (Å²) in [5.41, 5.74) is 1.07. The van der Waals surface area contributed by atoms with Crippen molar-refractivity contribution in [3.05, 3.63) is 35.4 Å². The molecule has 0 aliphatic rings. The average Bonchev–Trinajstić information content (AvgIpc) is 2.78. The lowest BCUT2D eigenvalue weighted by molar-refractivity contribution is -0.146. The van der Waals surface area contributed by atoms with Crippen LogP contribution in [-0.2, 0) is 14.3 Å². The molecule has 0 heterocycles. The Morgan fingerprint density at radius 1 is 1.00 bits per heavy atom. The summed E-state index contributed by atoms with van der Waals surface area (Å²) in [4.78, 5) is 42.4. The van der Waals surface area contributed by atoms with Crippen LogP contribution in [0, 0.1) is 12.8 Å². The van der Waals surface area contributed by atoms with Crippen molar-refractivity contribution in [2.75, 3.05) is 0 Å². The standard InChI is InChI=1S/C29H49N3O4/c1-11-15-21(6)30-26(33)25(23-17-14-16-19(4)18-23)32(22(7)13-3)27(34)24(20(5)12-2)31-28(35)36-29(8,9)10/h14,16-18,20-22,24-25H,11-13,15H2,1-10H3,(H,30,33)(H,31,35). The Balaban J connectivity index is 3.56. The van der Waals surface area contributed by atoms with Crippen LogP contribution in [0.5, 0.6) is 0 Å². The molecule has 0 radical (unpaired) electrons. The van der Waals surface area contributed by atoms with Crippen LogP contribution in [-0.4, -0.2) is 46.5 Å². The summed E-state index contributed by atoms with van der Waals surface area (Å²) < 4.78 is 5.47. The molecule has 1 rings (SSSR count). The molecule has 0 saturated carbocycles. The second-order valence-electron chi connectivity index (χ2n) is 11.0. The van der Waals surface area contributed by atoms with Gasteiger partial charge < -0.3 is 20.3 Å². The van der Waals surface area contributed by atoms with Gasteiger partial charge >= 0.3 is 6.09 Å². The topological polar surface area (TPSA) is 87.7 Å². The van der Waals surface area contributed by atoms with E-state index in [0.29, 0.717) is 12.8 Å². The lowest BCUT2D eigenvalue weighted by atomic mass is 9.93. The van der Waals surface area contributed by atoms with Crippen molar-refractivity contribution in [1.29, 1.82) is 0 Å². The molecular formula is C29H49N3O4. The first-order valence-electron chi connectivity index (χ1n) is 13.4. The Bertz CT molecular complexity index is 864. The lowest BCUT2D eigenvalue weighted by Crippen LogP contribution is -2.57. The van der Waals surface area contributed by atoms with Crippen molar-refractivity contribution < 1.29 is 19.1 Å². The molecule has 36 heavy (non-hydrogen) atoms. The number of carbonyl (C=O) groups excluding carboxylic acids is 3. The van der Waals surface area contributed by atoms with Crippen molar-refractivity contribution in [3.63, 3.8) is 0 Å². The van der Waals surface area contributed by atoms with Gasteiger partial charge in [-0.15, -0.1) is 0 Å². The normalized spacial score (nSPS) is 15.7. The Labute approximate surface area is 218 Å². The molecule has 0 aliphatic heterocycles. The highest BCUT2D eigenvalue weighted by Crippen LogP contribution is 2.28. The third-order valence-electron chi connectivity index (χ3n) is 6.47. The van der Waals surface area contributed by atoms with E-state index in [1.54, 1.807) is 25.7 Å². The second kappa shape index (κ2) is 14.2. The molecule has 0 aromatic heterocycles. The number of alkyl carbamates (subject to hydrolysis) is 1. The first-order chi connectivity index (χ1) is 16.7. The van der Waals surface area contributed by atoms with Crippen LogP contribution in [0.25, 0.3) is 0 Å². The van der Waals surface area contributed by atoms with Gasteiger partial charge in [0.2, 0.25) is 11.8 Å². The van der Waals surface area contributed by atoms with Gasteiger partial charge in [0.15, 0.2) is 0 Å². The molecule has 5 unspecified atom stereocenters. The van der Waals surface area contributed by atoms with E-state index in [4.69, 9.17) is 4.74 Å². The van der Waals surface area contributed by atoms with Gasteiger partial charge in [-0.25, -0.2) is 4.79 Å². The van der Waals surface area contributed by atoms with Gasteiger partial charge in [-0.05, 0) is 65.9 Å². The van der Waals surface area contributed by atoms with Crippen LogP contribution in [0.4, 0.5) is 4.79 Å². The summed E-state index contributed by atoms with van der Waals surface area (Å²) in [6.07, 6.45) is 2.49. The largest absolute Gasteiger partial charge is 0.444 e. The number of rotatable bonds is 12. The highest BCUT2D eigenvalue weighted by atomic mass is 16.6. The zero-order valence-electron chi connectivity index (χ0n) is 24.1. The number of ether oxygens (including phenoxy) is 1. The number of carbonyl (C=O) groups is 3. The molecule has 0 aliphatic carbocycles. The van der Waals surface area contributed by atoms with Gasteiger partial charge in [-0.2, -0.15) is 0 Å². The smallest absolute Gasteiger partial charge is 0.408 e. The number of amides is 3. The van der Waals surface area contributed by atoms with E-state index in [2.05, 4.69) is 17.6 Å². The van der Waals surface area contributed by atoms with Gasteiger partial charge in [0.05, 0.1) is 0 Å². The highest BCUT2D eigenvalue weighted by Gasteiger charge is 2.40. The summed E-state index contributed by atoms with van der Waals surface area (Å²) in [5.74, 6) is -0.651. The monoisotopic (exact) mass is 503 g/mol. The van der Waals surface area contributed by atoms with E-state index in [1.165, 1.54) is 0 Å². The van der Waals surface area contributed by atoms with E-state index in [0.717, 1.165) is 24.0 Å². The number of hydrogen-bond acceptors (Lipinski definition) is 4. The Hall–Kier alpha value is -2.57. The molecule has 2 N–H and O–H groups in total. The van der Waals surface area contributed by atoms with Gasteiger partial charge in [0, 0.05) is 12.1 Å². The Kier molecular flexibility index (Phi) is 12.4. The summed E-state index contributed by atoms with van der Waals surface area (Å²) in [7, 11) is 0. The zero-order chi connectivity index (χ0) is 27.6. The molecule has 0 spiro atoms. The molecule has 0 saturated heterocycles. The van der Waals surface area contributed by atoms with Crippen molar-refractivity contribution in [1.82, 2.24) is 15.5 Å². The van der Waals surface area contributed by atoms with Gasteiger partial charge in [-0.1, -0.05) is 70.4 Å². The number of nitrogens with zero attached hydrogens (tertiary/aromatic N) is 1. The van der Waals surface area contributed by atoms with Crippen LogP contribution in [0.3, 0.4) is 0 Å². The molecule has 5 atom stereocenters. The first-order valence-corrected chi connectivity index (χ1v) is 13.4. The van der Waals surface area contributed by atoms with Crippen LogP contribution < -0.4 is 10.6 Å². The maximum Gasteiger partial charge on any atom is 0.408 e. The van der Waals surface area contributed by atoms with Crippen LogP contribution in [0.1, 0.15) is 105 Å². The lowest BCUT2D eigenvalue weighted by Gasteiger charge is -2.39. The maximum atomic E-state index is 14.2. The van der Waals surface area contributed by atoms with E-state index < -0.39 is 23.8 Å². The van der Waals surface area contributed by atoms with Gasteiger partial charge in [0.25, 0.3) is 0 Å². The predicted molar refractivity (Wildman–Crippen MR) is 146 cm³/mol. The van der Waals surface area contributed by atoms with Crippen molar-refractivity contribution in [2.24, 2.45) is 5.92 Å². The van der Waals surface area contributed by atoms with Crippen LogP contribution >= 0.6 is 0 Å². The number of hydrogen-bond donors (Lipinski definition) is 2. The van der Waals surface area contributed by atoms with Crippen molar-refractivity contribution >= 4 is 17.9 Å². The quantitative estimate of drug-likeness (QED) is 0.371. The molecule has 7 nitrogen and oxygen atoms in total. The van der Waals surface area contributed by atoms with E-state index in [-0.39, 0.29) is 29.8 Å². The summed E-state index contributed by atoms with van der Waals surface area (Å²) in [5, 5.41) is 5.94. The third kappa shape index (κ3) is 9.47. The zero-order valence-corrected chi connectivity index (χ0v) is 24.1. The minimum atomic E-state index is -0.827. The highest BCUT2D eigenvalue weighted by molar-refractivity contribution is 5.92. The fourth-order valence-corrected chi connectivity index (χ4v) is 4.18. The molecule has 7 heteroatoms. The van der Waals surface area contributed by atoms with E-state index in [1.807, 2.05) is 65.8 Å². The minimum Gasteiger partial charge on any atom is -0.444 e. The SMILES string of the molecule is CCCC(C)NC(=O)C(c1cccc(C)c1)N(C(=O)C(NC(=O)OC(C)(C)C)C(C)CC)C(C)CC. The summed E-state index contributed by atoms with van der Waals surface area (Å²) in [6, 6.07) is 5.83. The maximum absolute atomic E-state index is 14.2. The number of nitrogens with one attached hydrogen (secondary N) is 2. The molecule has 204 valence electrons. The fourth-order valence-electron chi connectivity index (χ4n) is 4.18. The minimum absolute atomic E-state index is 0.0195. The van der Waals surface area contributed by atoms with E-state index >= 15 is 0 Å². The molecule has 1 aromatic rings. The first kappa shape index (κ1) is 31.5. The summed E-state index contributed by atoms with van der Waals surface area (Å²) >= 11 is 0. The third-order valence-corrected chi connectivity index (χ3v) is 6.47. The molecule has 0 bridgehead atoms. The predicted octanol–water partition coefficient (Wildman–Crippen LogP) is 5.91. The molecule has 1 aromatic carbocycles. The Morgan fingerprint density at radius 3 is 2.14 bits per heavy atom. The van der Waals surface area contributed by atoms with Crippen molar-refractivity contribution in [2.45, 2.75) is 125 Å². The molecular weight excluding hydrogens is 454 g/mol. The van der Waals surface area contributed by atoms with Crippen LogP contribution in [0.15, 0.2) is 24.3 Å². The molecule has 0 fully saturated rings. The fraction of sp³-hybridized carbons (Fsp3) is 0.690. The summed E-state index contributed by atoms with van der Waals surface area (Å²) in [6.45, 7) is 19.2. The number of aryl methyl sites for hydroxylation is 1. The van der Waals surface area contributed by atoms with E-state index in [9.17, 15) is 14.4 Å². The average molecular weight is 504 g/mol. The molecule has 3 amide bonds. The Morgan fingerprint density at radius 2 is 1.64 bits per heavy atom. The van der Waals surface area contributed by atoms with Crippen molar-refractivity contribution in [3.8, 4) is 0 Å². The number of benzene rings is 1.